The number of rotatable bonds is 4. The summed E-state index contributed by atoms with van der Waals surface area (Å²) in [6.45, 7) is 21.3. The predicted molar refractivity (Wildman–Crippen MR) is 102 cm³/mol. The normalized spacial score (nSPS) is 10.4. The molecule has 25 heavy (non-hydrogen) atoms. The SMILES string of the molecule is C=C(C)C(=O)O.CCC(C)(C)O.CCC(C)(C)O.CCC(C)(C)O.[Ti]. The standard InChI is InChI=1S/3C5H12O.C4H6O2.Ti/c3*1-4-5(2,3)6;1-3(2)4(5)6;/h3*6H,4H2,1-3H3;1H2,2H3,(H,5,6);. The van der Waals surface area contributed by atoms with Crippen LogP contribution < -0.4 is 0 Å². The molecule has 0 aromatic heterocycles. The Kier molecular flexibility index (Phi) is 24.7. The van der Waals surface area contributed by atoms with Crippen LogP contribution in [0.3, 0.4) is 0 Å². The van der Waals surface area contributed by atoms with Gasteiger partial charge in [-0.2, -0.15) is 0 Å². The first-order chi connectivity index (χ1) is 10.3. The molecule has 5 nitrogen and oxygen atoms in total. The van der Waals surface area contributed by atoms with E-state index in [0.717, 1.165) is 19.3 Å². The number of aliphatic hydroxyl groups is 3. The van der Waals surface area contributed by atoms with Crippen LogP contribution in [0, 0.1) is 0 Å². The van der Waals surface area contributed by atoms with Gasteiger partial charge >= 0.3 is 5.97 Å². The molecule has 0 aliphatic heterocycles. The van der Waals surface area contributed by atoms with Gasteiger partial charge in [-0.15, -0.1) is 0 Å². The third kappa shape index (κ3) is 69.0. The molecule has 0 saturated heterocycles. The topological polar surface area (TPSA) is 98.0 Å². The second-order valence-corrected chi connectivity index (χ2v) is 7.58. The van der Waals surface area contributed by atoms with E-state index in [2.05, 4.69) is 6.58 Å². The van der Waals surface area contributed by atoms with Crippen LogP contribution in [0.25, 0.3) is 0 Å². The van der Waals surface area contributed by atoms with Crippen molar-refractivity contribution in [2.24, 2.45) is 0 Å². The molecule has 0 aliphatic rings. The number of carboxylic acids is 1. The molecule has 0 aromatic carbocycles. The molecule has 0 bridgehead atoms. The fourth-order valence-corrected chi connectivity index (χ4v) is 0. The molecule has 0 saturated carbocycles. The third-order valence-corrected chi connectivity index (χ3v) is 2.96. The van der Waals surface area contributed by atoms with Crippen LogP contribution >= 0.6 is 0 Å². The molecule has 0 spiro atoms. The molecule has 0 heterocycles. The Labute approximate surface area is 170 Å². The van der Waals surface area contributed by atoms with Gasteiger partial charge in [0, 0.05) is 27.3 Å². The van der Waals surface area contributed by atoms with Gasteiger partial charge in [0.05, 0.1) is 16.8 Å². The molecule has 0 unspecified atom stereocenters. The van der Waals surface area contributed by atoms with Crippen molar-refractivity contribution >= 4 is 5.97 Å². The first-order valence-electron chi connectivity index (χ1n) is 8.38. The van der Waals surface area contributed by atoms with Crippen molar-refractivity contribution in [3.05, 3.63) is 12.2 Å². The second kappa shape index (κ2) is 17.2. The molecule has 6 heteroatoms. The van der Waals surface area contributed by atoms with E-state index in [1.807, 2.05) is 20.8 Å². The van der Waals surface area contributed by atoms with Gasteiger partial charge < -0.3 is 20.4 Å². The zero-order valence-corrected chi connectivity index (χ0v) is 19.6. The molecular formula is C19H42O5Ti. The molecule has 0 fully saturated rings. The monoisotopic (exact) mass is 398 g/mol. The average Bonchev–Trinajstić information content (AvgIpc) is 2.38. The minimum absolute atomic E-state index is 0. The molecule has 0 rings (SSSR count). The van der Waals surface area contributed by atoms with Gasteiger partial charge in [-0.05, 0) is 67.7 Å². The molecular weight excluding hydrogens is 356 g/mol. The Morgan fingerprint density at radius 3 is 0.840 bits per heavy atom. The summed E-state index contributed by atoms with van der Waals surface area (Å²) in [5.74, 6) is -0.935. The van der Waals surface area contributed by atoms with Gasteiger partial charge in [-0.25, -0.2) is 4.79 Å². The van der Waals surface area contributed by atoms with Crippen molar-refractivity contribution in [1.82, 2.24) is 0 Å². The van der Waals surface area contributed by atoms with Gasteiger partial charge in [0.25, 0.3) is 0 Å². The maximum Gasteiger partial charge on any atom is 0.330 e. The van der Waals surface area contributed by atoms with Crippen molar-refractivity contribution in [2.45, 2.75) is 105 Å². The maximum atomic E-state index is 9.60. The number of hydrogen-bond donors (Lipinski definition) is 4. The van der Waals surface area contributed by atoms with E-state index >= 15 is 0 Å². The zero-order valence-electron chi connectivity index (χ0n) is 18.0. The van der Waals surface area contributed by atoms with Crippen LogP contribution in [0.4, 0.5) is 0 Å². The summed E-state index contributed by atoms with van der Waals surface area (Å²) in [7, 11) is 0. The van der Waals surface area contributed by atoms with Crippen molar-refractivity contribution in [1.29, 1.82) is 0 Å². The zero-order chi connectivity index (χ0) is 20.8. The molecule has 152 valence electrons. The van der Waals surface area contributed by atoms with Crippen molar-refractivity contribution in [3.63, 3.8) is 0 Å². The summed E-state index contributed by atoms with van der Waals surface area (Å²) in [5, 5.41) is 34.4. The fourth-order valence-electron chi connectivity index (χ4n) is 0. The minimum Gasteiger partial charge on any atom is -0.478 e. The first-order valence-corrected chi connectivity index (χ1v) is 8.38. The van der Waals surface area contributed by atoms with Crippen molar-refractivity contribution in [3.8, 4) is 0 Å². The van der Waals surface area contributed by atoms with Crippen molar-refractivity contribution < 1.29 is 46.9 Å². The summed E-state index contributed by atoms with van der Waals surface area (Å²) < 4.78 is 0. The number of carboxylic acid groups (broad SMARTS) is 1. The minimum atomic E-state index is -0.935. The summed E-state index contributed by atoms with van der Waals surface area (Å²) in [6.07, 6.45) is 2.48. The summed E-state index contributed by atoms with van der Waals surface area (Å²) >= 11 is 0. The number of hydrogen-bond acceptors (Lipinski definition) is 4. The van der Waals surface area contributed by atoms with E-state index in [4.69, 9.17) is 20.4 Å². The average molecular weight is 398 g/mol. The number of aliphatic carboxylic acids is 1. The fraction of sp³-hybridized carbons (Fsp3) is 0.842. The van der Waals surface area contributed by atoms with Crippen LogP contribution in [-0.2, 0) is 26.5 Å². The quantitative estimate of drug-likeness (QED) is 0.421. The van der Waals surface area contributed by atoms with Gasteiger partial charge in [0.2, 0.25) is 0 Å². The maximum absolute atomic E-state index is 9.60. The van der Waals surface area contributed by atoms with E-state index in [-0.39, 0.29) is 27.3 Å². The van der Waals surface area contributed by atoms with Gasteiger partial charge in [0.1, 0.15) is 0 Å². The summed E-state index contributed by atoms with van der Waals surface area (Å²) in [5.41, 5.74) is -1.20. The van der Waals surface area contributed by atoms with Crippen LogP contribution in [-0.4, -0.2) is 43.2 Å². The first kappa shape index (κ1) is 35.8. The van der Waals surface area contributed by atoms with Crippen LogP contribution in [0.5, 0.6) is 0 Å². The Hall–Kier alpha value is -0.196. The van der Waals surface area contributed by atoms with Crippen LogP contribution in [0.15, 0.2) is 12.2 Å². The smallest absolute Gasteiger partial charge is 0.330 e. The largest absolute Gasteiger partial charge is 0.478 e. The summed E-state index contributed by atoms with van der Waals surface area (Å²) in [6, 6.07) is 0. The Morgan fingerprint density at radius 1 is 0.760 bits per heavy atom. The van der Waals surface area contributed by atoms with Gasteiger partial charge in [0.15, 0.2) is 0 Å². The molecule has 4 N–H and O–H groups in total. The Morgan fingerprint density at radius 2 is 0.840 bits per heavy atom. The van der Waals surface area contributed by atoms with Gasteiger partial charge in [-0.3, -0.25) is 0 Å². The van der Waals surface area contributed by atoms with E-state index in [1.54, 1.807) is 41.5 Å². The number of carbonyl (C=O) groups is 1. The molecule has 0 aromatic rings. The Balaban J connectivity index is -0.0000000702. The molecule has 0 atom stereocenters. The second-order valence-electron chi connectivity index (χ2n) is 7.58. The van der Waals surface area contributed by atoms with E-state index in [0.29, 0.717) is 0 Å². The predicted octanol–water partition coefficient (Wildman–Crippen LogP) is 4.15. The van der Waals surface area contributed by atoms with E-state index < -0.39 is 22.8 Å². The van der Waals surface area contributed by atoms with E-state index in [9.17, 15) is 4.79 Å². The molecule has 0 aliphatic carbocycles. The summed E-state index contributed by atoms with van der Waals surface area (Å²) in [4.78, 5) is 9.60. The molecule has 0 amide bonds. The van der Waals surface area contributed by atoms with Gasteiger partial charge in [-0.1, -0.05) is 27.4 Å². The Bertz CT molecular complexity index is 275. The van der Waals surface area contributed by atoms with E-state index in [1.165, 1.54) is 6.92 Å². The van der Waals surface area contributed by atoms with Crippen LogP contribution in [0.1, 0.15) is 88.5 Å². The van der Waals surface area contributed by atoms with Crippen molar-refractivity contribution in [2.75, 3.05) is 0 Å². The molecule has 0 radical (unpaired) electrons. The van der Waals surface area contributed by atoms with Crippen LogP contribution in [0.2, 0.25) is 0 Å². The third-order valence-electron chi connectivity index (χ3n) is 2.96.